The molecule has 0 atom stereocenters. The Balaban J connectivity index is 4.18. The maximum atomic E-state index is 11.7. The zero-order valence-corrected chi connectivity index (χ0v) is 14.7. The summed E-state index contributed by atoms with van der Waals surface area (Å²) in [5.74, 6) is -0.827. The third-order valence-corrected chi connectivity index (χ3v) is 3.54. The predicted octanol–water partition coefficient (Wildman–Crippen LogP) is 1.56. The highest BCUT2D eigenvalue weighted by Crippen LogP contribution is 1.97. The van der Waals surface area contributed by atoms with Gasteiger partial charge in [-0.2, -0.15) is 0 Å². The lowest BCUT2D eigenvalue weighted by Crippen LogP contribution is -2.47. The number of nitrogens with zero attached hydrogens (tertiary/aromatic N) is 2. The second-order valence-electron chi connectivity index (χ2n) is 4.65. The molecule has 0 aliphatic carbocycles. The molecule has 0 bridgehead atoms. The molecule has 8 heteroatoms. The summed E-state index contributed by atoms with van der Waals surface area (Å²) in [5.41, 5.74) is 5.13. The second-order valence-corrected chi connectivity index (χ2v) is 5.59. The van der Waals surface area contributed by atoms with Crippen LogP contribution >= 0.6 is 24.4 Å². The van der Waals surface area contributed by atoms with E-state index in [0.717, 1.165) is 12.8 Å². The summed E-state index contributed by atoms with van der Waals surface area (Å²) in [6, 6.07) is 0. The van der Waals surface area contributed by atoms with Crippen LogP contribution in [0.3, 0.4) is 0 Å². The lowest BCUT2D eigenvalue weighted by atomic mass is 10.3. The van der Waals surface area contributed by atoms with Crippen LogP contribution in [-0.2, 0) is 9.59 Å². The molecule has 0 aromatic carbocycles. The zero-order valence-electron chi connectivity index (χ0n) is 13.1. The highest BCUT2D eigenvalue weighted by atomic mass is 32.1. The van der Waals surface area contributed by atoms with Gasteiger partial charge in [0, 0.05) is 14.1 Å². The predicted molar refractivity (Wildman–Crippen MR) is 91.4 cm³/mol. The van der Waals surface area contributed by atoms with Crippen molar-refractivity contribution in [3.05, 3.63) is 0 Å². The smallest absolute Gasteiger partial charge is 0.248 e. The molecule has 0 unspecified atom stereocenters. The van der Waals surface area contributed by atoms with E-state index in [9.17, 15) is 9.59 Å². The summed E-state index contributed by atoms with van der Waals surface area (Å²) < 4.78 is 0. The molecule has 2 N–H and O–H groups in total. The fraction of sp³-hybridized carbons (Fsp3) is 0.692. The lowest BCUT2D eigenvalue weighted by molar-refractivity contribution is -0.132. The quantitative estimate of drug-likeness (QED) is 0.437. The maximum absolute atomic E-state index is 11.7. The molecular formula is C13H24N4O2S2. The van der Waals surface area contributed by atoms with E-state index < -0.39 is 11.8 Å². The van der Waals surface area contributed by atoms with Gasteiger partial charge in [0.05, 0.1) is 9.98 Å². The number of rotatable bonds is 6. The molecule has 0 aromatic heterocycles. The van der Waals surface area contributed by atoms with Crippen LogP contribution in [-0.4, -0.2) is 45.9 Å². The molecule has 2 amide bonds. The Morgan fingerprint density at radius 2 is 1.19 bits per heavy atom. The van der Waals surface area contributed by atoms with Crippen molar-refractivity contribution >= 4 is 46.2 Å². The molecule has 0 aromatic rings. The van der Waals surface area contributed by atoms with Gasteiger partial charge in [-0.05, 0) is 25.7 Å². The van der Waals surface area contributed by atoms with Crippen LogP contribution in [0.2, 0.25) is 0 Å². The molecule has 0 heterocycles. The fourth-order valence-electron chi connectivity index (χ4n) is 1.49. The van der Waals surface area contributed by atoms with Crippen molar-refractivity contribution < 1.29 is 9.59 Å². The van der Waals surface area contributed by atoms with Crippen LogP contribution in [0.25, 0.3) is 0 Å². The third kappa shape index (κ3) is 8.56. The first-order valence-electron chi connectivity index (χ1n) is 6.93. The first kappa shape index (κ1) is 19.7. The Labute approximate surface area is 137 Å². The van der Waals surface area contributed by atoms with Crippen molar-refractivity contribution in [1.82, 2.24) is 20.9 Å². The van der Waals surface area contributed by atoms with Gasteiger partial charge in [0.15, 0.2) is 0 Å². The van der Waals surface area contributed by atoms with E-state index in [2.05, 4.69) is 10.9 Å². The summed E-state index contributed by atoms with van der Waals surface area (Å²) in [5, 5.41) is 2.94. The standard InChI is InChI=1S/C13H24N4O2S2/c1-5-7-12(20)16(3)14-10(18)9-11(19)15-17(4)13(21)8-6-2/h5-9H2,1-4H3,(H,14,18)(H,15,19). The van der Waals surface area contributed by atoms with Crippen molar-refractivity contribution in [3.63, 3.8) is 0 Å². The normalized spacial score (nSPS) is 9.71. The number of hydrogen-bond acceptors (Lipinski definition) is 4. The first-order valence-corrected chi connectivity index (χ1v) is 7.75. The summed E-state index contributed by atoms with van der Waals surface area (Å²) in [6.45, 7) is 4.01. The van der Waals surface area contributed by atoms with Gasteiger partial charge in [-0.3, -0.25) is 30.5 Å². The number of amides is 2. The minimum absolute atomic E-state index is 0.280. The molecule has 6 nitrogen and oxygen atoms in total. The fourth-order valence-corrected chi connectivity index (χ4v) is 1.99. The van der Waals surface area contributed by atoms with E-state index in [0.29, 0.717) is 22.8 Å². The van der Waals surface area contributed by atoms with Crippen LogP contribution in [0.4, 0.5) is 0 Å². The van der Waals surface area contributed by atoms with E-state index in [-0.39, 0.29) is 6.42 Å². The molecule has 0 rings (SSSR count). The van der Waals surface area contributed by atoms with E-state index in [1.165, 1.54) is 10.0 Å². The molecule has 21 heavy (non-hydrogen) atoms. The van der Waals surface area contributed by atoms with Gasteiger partial charge in [-0.1, -0.05) is 38.3 Å². The van der Waals surface area contributed by atoms with Gasteiger partial charge < -0.3 is 0 Å². The molecule has 0 spiro atoms. The topological polar surface area (TPSA) is 64.7 Å². The zero-order chi connectivity index (χ0) is 16.4. The molecule has 120 valence electrons. The lowest BCUT2D eigenvalue weighted by Gasteiger charge is -2.22. The molecule has 0 saturated carbocycles. The third-order valence-electron chi connectivity index (χ3n) is 2.58. The Bertz CT molecular complexity index is 366. The summed E-state index contributed by atoms with van der Waals surface area (Å²) in [6.07, 6.45) is 2.95. The van der Waals surface area contributed by atoms with Crippen molar-refractivity contribution in [2.45, 2.75) is 46.0 Å². The van der Waals surface area contributed by atoms with Gasteiger partial charge in [-0.15, -0.1) is 0 Å². The average Bonchev–Trinajstić information content (AvgIpc) is 2.38. The SMILES string of the molecule is CCCC(=S)N(C)NC(=O)CC(=O)NN(C)C(=S)CCC. The summed E-state index contributed by atoms with van der Waals surface area (Å²) >= 11 is 10.3. The number of thiocarbonyl (C=S) groups is 2. The number of carbonyl (C=O) groups is 2. The Kier molecular flexibility index (Phi) is 9.81. The average molecular weight is 332 g/mol. The van der Waals surface area contributed by atoms with Crippen molar-refractivity contribution in [2.75, 3.05) is 14.1 Å². The van der Waals surface area contributed by atoms with Crippen molar-refractivity contribution in [1.29, 1.82) is 0 Å². The summed E-state index contributed by atoms with van der Waals surface area (Å²) in [7, 11) is 3.33. The van der Waals surface area contributed by atoms with Crippen molar-refractivity contribution in [3.8, 4) is 0 Å². The van der Waals surface area contributed by atoms with Gasteiger partial charge >= 0.3 is 0 Å². The van der Waals surface area contributed by atoms with Gasteiger partial charge in [0.1, 0.15) is 6.42 Å². The van der Waals surface area contributed by atoms with Crippen LogP contribution in [0.5, 0.6) is 0 Å². The van der Waals surface area contributed by atoms with Crippen LogP contribution in [0, 0.1) is 0 Å². The molecule has 0 saturated heterocycles. The highest BCUT2D eigenvalue weighted by Gasteiger charge is 2.14. The Hall–Kier alpha value is -1.28. The number of carbonyl (C=O) groups excluding carboxylic acids is 2. The van der Waals surface area contributed by atoms with Crippen LogP contribution in [0.15, 0.2) is 0 Å². The number of hydrazine groups is 2. The van der Waals surface area contributed by atoms with E-state index in [4.69, 9.17) is 24.4 Å². The van der Waals surface area contributed by atoms with Gasteiger partial charge in [-0.25, -0.2) is 0 Å². The highest BCUT2D eigenvalue weighted by molar-refractivity contribution is 7.80. The second kappa shape index (κ2) is 10.4. The summed E-state index contributed by atoms with van der Waals surface area (Å²) in [4.78, 5) is 24.7. The molecule has 0 radical (unpaired) electrons. The molecule has 0 aliphatic rings. The molecule has 0 fully saturated rings. The number of nitrogens with one attached hydrogen (secondary N) is 2. The minimum atomic E-state index is -0.414. The van der Waals surface area contributed by atoms with E-state index in [1.54, 1.807) is 14.1 Å². The van der Waals surface area contributed by atoms with E-state index >= 15 is 0 Å². The maximum Gasteiger partial charge on any atom is 0.248 e. The van der Waals surface area contributed by atoms with Crippen LogP contribution in [0.1, 0.15) is 46.0 Å². The van der Waals surface area contributed by atoms with Gasteiger partial charge in [0.2, 0.25) is 11.8 Å². The van der Waals surface area contributed by atoms with Gasteiger partial charge in [0.25, 0.3) is 0 Å². The van der Waals surface area contributed by atoms with Crippen LogP contribution < -0.4 is 10.9 Å². The Morgan fingerprint density at radius 3 is 1.48 bits per heavy atom. The number of hydrogen-bond donors (Lipinski definition) is 2. The molecule has 0 aliphatic heterocycles. The monoisotopic (exact) mass is 332 g/mol. The molecular weight excluding hydrogens is 308 g/mol. The van der Waals surface area contributed by atoms with E-state index in [1.807, 2.05) is 13.8 Å². The first-order chi connectivity index (χ1) is 9.81. The minimum Gasteiger partial charge on any atom is -0.282 e. The van der Waals surface area contributed by atoms with Crippen molar-refractivity contribution in [2.24, 2.45) is 0 Å². The Morgan fingerprint density at radius 1 is 0.857 bits per heavy atom. The largest absolute Gasteiger partial charge is 0.282 e.